The molecule has 0 aliphatic rings. The number of nitrogens with one attached hydrogen (secondary N) is 1. The lowest BCUT2D eigenvalue weighted by Gasteiger charge is -2.05. The minimum Gasteiger partial charge on any atom is -0.423 e. The maximum Gasteiger partial charge on any atom is 0.343 e. The topological polar surface area (TPSA) is 67.8 Å². The highest BCUT2D eigenvalue weighted by atomic mass is 35.5. The van der Waals surface area contributed by atoms with E-state index in [1.54, 1.807) is 48.5 Å². The standard InChI is InChI=1S/C22H17ClN2O3/c23-19-8-4-7-18(14-19)22(27)28-20-11-9-17(10-12-20)15-24-25-21(26)13-16-5-2-1-3-6-16/h1-12,14-15H,13H2,(H,25,26)/b24-15-. The largest absolute Gasteiger partial charge is 0.423 e. The van der Waals surface area contributed by atoms with Crippen molar-refractivity contribution in [2.24, 2.45) is 5.10 Å². The van der Waals surface area contributed by atoms with Crippen LogP contribution in [0.1, 0.15) is 21.5 Å². The van der Waals surface area contributed by atoms with Gasteiger partial charge in [0.1, 0.15) is 5.75 Å². The number of carbonyl (C=O) groups is 2. The molecule has 1 N–H and O–H groups in total. The van der Waals surface area contributed by atoms with E-state index >= 15 is 0 Å². The minimum atomic E-state index is -0.489. The third-order valence-corrected chi connectivity index (χ3v) is 4.00. The van der Waals surface area contributed by atoms with E-state index in [0.717, 1.165) is 11.1 Å². The number of benzene rings is 3. The monoisotopic (exact) mass is 392 g/mol. The molecule has 3 rings (SSSR count). The van der Waals surface area contributed by atoms with Crippen molar-refractivity contribution in [3.63, 3.8) is 0 Å². The van der Waals surface area contributed by atoms with Crippen molar-refractivity contribution in [3.05, 3.63) is 101 Å². The molecule has 6 heteroatoms. The second-order valence-corrected chi connectivity index (χ2v) is 6.36. The number of halogens is 1. The first-order chi connectivity index (χ1) is 13.6. The summed E-state index contributed by atoms with van der Waals surface area (Å²) in [5, 5.41) is 4.41. The van der Waals surface area contributed by atoms with Gasteiger partial charge < -0.3 is 4.74 Å². The second-order valence-electron chi connectivity index (χ2n) is 5.92. The molecular formula is C22H17ClN2O3. The van der Waals surface area contributed by atoms with Gasteiger partial charge in [0, 0.05) is 5.02 Å². The molecule has 3 aromatic carbocycles. The molecule has 0 saturated heterocycles. The van der Waals surface area contributed by atoms with E-state index in [4.69, 9.17) is 16.3 Å². The molecule has 3 aromatic rings. The van der Waals surface area contributed by atoms with Crippen molar-refractivity contribution in [1.82, 2.24) is 5.43 Å². The number of rotatable bonds is 6. The summed E-state index contributed by atoms with van der Waals surface area (Å²) >= 11 is 5.88. The van der Waals surface area contributed by atoms with Crippen molar-refractivity contribution in [2.75, 3.05) is 0 Å². The Morgan fingerprint density at radius 2 is 1.71 bits per heavy atom. The fraction of sp³-hybridized carbons (Fsp3) is 0.0455. The Kier molecular flexibility index (Phi) is 6.54. The number of esters is 1. The third-order valence-electron chi connectivity index (χ3n) is 3.76. The number of nitrogens with zero attached hydrogens (tertiary/aromatic N) is 1. The third kappa shape index (κ3) is 5.79. The van der Waals surface area contributed by atoms with E-state index < -0.39 is 5.97 Å². The molecule has 0 aliphatic heterocycles. The smallest absolute Gasteiger partial charge is 0.343 e. The van der Waals surface area contributed by atoms with Gasteiger partial charge in [-0.2, -0.15) is 5.10 Å². The molecule has 140 valence electrons. The van der Waals surface area contributed by atoms with Gasteiger partial charge in [0.2, 0.25) is 5.91 Å². The van der Waals surface area contributed by atoms with Crippen LogP contribution in [0.25, 0.3) is 0 Å². The molecule has 28 heavy (non-hydrogen) atoms. The average molecular weight is 393 g/mol. The second kappa shape index (κ2) is 9.48. The molecule has 0 bridgehead atoms. The Morgan fingerprint density at radius 3 is 2.43 bits per heavy atom. The van der Waals surface area contributed by atoms with Crippen molar-refractivity contribution >= 4 is 29.7 Å². The van der Waals surface area contributed by atoms with Crippen LogP contribution in [0.3, 0.4) is 0 Å². The summed E-state index contributed by atoms with van der Waals surface area (Å²) in [6.45, 7) is 0. The van der Waals surface area contributed by atoms with Crippen LogP contribution >= 0.6 is 11.6 Å². The molecule has 0 aromatic heterocycles. The van der Waals surface area contributed by atoms with Gasteiger partial charge >= 0.3 is 5.97 Å². The zero-order valence-electron chi connectivity index (χ0n) is 14.8. The van der Waals surface area contributed by atoms with Crippen LogP contribution in [0.5, 0.6) is 5.75 Å². The summed E-state index contributed by atoms with van der Waals surface area (Å²) in [5.74, 6) is -0.290. The predicted octanol–water partition coefficient (Wildman–Crippen LogP) is 4.25. The Balaban J connectivity index is 1.52. The maximum atomic E-state index is 12.1. The van der Waals surface area contributed by atoms with E-state index in [1.807, 2.05) is 30.3 Å². The Labute approximate surface area is 167 Å². The van der Waals surface area contributed by atoms with Crippen molar-refractivity contribution < 1.29 is 14.3 Å². The number of hydrogen-bond donors (Lipinski definition) is 1. The van der Waals surface area contributed by atoms with Gasteiger partial charge in [-0.25, -0.2) is 10.2 Å². The highest BCUT2D eigenvalue weighted by Gasteiger charge is 2.08. The summed E-state index contributed by atoms with van der Waals surface area (Å²) in [7, 11) is 0. The molecule has 1 amide bonds. The van der Waals surface area contributed by atoms with E-state index in [9.17, 15) is 9.59 Å². The summed E-state index contributed by atoms with van der Waals surface area (Å²) < 4.78 is 5.31. The molecule has 0 radical (unpaired) electrons. The van der Waals surface area contributed by atoms with Gasteiger partial charge in [0.25, 0.3) is 0 Å². The molecular weight excluding hydrogens is 376 g/mol. The van der Waals surface area contributed by atoms with Crippen LogP contribution < -0.4 is 10.2 Å². The first kappa shape index (κ1) is 19.3. The summed E-state index contributed by atoms with van der Waals surface area (Å²) in [4.78, 5) is 23.9. The van der Waals surface area contributed by atoms with E-state index in [1.165, 1.54) is 6.21 Å². The molecule has 0 atom stereocenters. The maximum absolute atomic E-state index is 12.1. The number of carbonyl (C=O) groups excluding carboxylic acids is 2. The normalized spacial score (nSPS) is 10.6. The van der Waals surface area contributed by atoms with E-state index in [0.29, 0.717) is 16.3 Å². The SMILES string of the molecule is O=C(Cc1ccccc1)N/N=C\c1ccc(OC(=O)c2cccc(Cl)c2)cc1. The van der Waals surface area contributed by atoms with Crippen molar-refractivity contribution in [2.45, 2.75) is 6.42 Å². The number of amides is 1. The molecule has 0 heterocycles. The molecule has 0 unspecified atom stereocenters. The Morgan fingerprint density at radius 1 is 0.964 bits per heavy atom. The first-order valence-corrected chi connectivity index (χ1v) is 8.91. The van der Waals surface area contributed by atoms with Crippen LogP contribution in [0.4, 0.5) is 0 Å². The number of ether oxygens (including phenoxy) is 1. The molecule has 5 nitrogen and oxygen atoms in total. The predicted molar refractivity (Wildman–Crippen MR) is 109 cm³/mol. The molecule has 0 spiro atoms. The fourth-order valence-electron chi connectivity index (χ4n) is 2.40. The van der Waals surface area contributed by atoms with Crippen LogP contribution in [0.15, 0.2) is 84.0 Å². The lowest BCUT2D eigenvalue weighted by molar-refractivity contribution is -0.120. The zero-order valence-corrected chi connectivity index (χ0v) is 15.6. The van der Waals surface area contributed by atoms with Crippen molar-refractivity contribution in [1.29, 1.82) is 0 Å². The minimum absolute atomic E-state index is 0.200. The summed E-state index contributed by atoms with van der Waals surface area (Å²) in [5.41, 5.74) is 4.53. The first-order valence-electron chi connectivity index (χ1n) is 8.54. The highest BCUT2D eigenvalue weighted by Crippen LogP contribution is 2.16. The van der Waals surface area contributed by atoms with Crippen LogP contribution in [0, 0.1) is 0 Å². The highest BCUT2D eigenvalue weighted by molar-refractivity contribution is 6.30. The number of hydrazone groups is 1. The zero-order chi connectivity index (χ0) is 19.8. The lowest BCUT2D eigenvalue weighted by Crippen LogP contribution is -2.19. The summed E-state index contributed by atoms with van der Waals surface area (Å²) in [6, 6.07) is 22.7. The van der Waals surface area contributed by atoms with Crippen molar-refractivity contribution in [3.8, 4) is 5.75 Å². The lowest BCUT2D eigenvalue weighted by atomic mass is 10.1. The van der Waals surface area contributed by atoms with E-state index in [2.05, 4.69) is 10.5 Å². The quantitative estimate of drug-likeness (QED) is 0.295. The van der Waals surface area contributed by atoms with Gasteiger partial charge in [-0.15, -0.1) is 0 Å². The molecule has 0 saturated carbocycles. The average Bonchev–Trinajstić information content (AvgIpc) is 2.70. The Hall–Kier alpha value is -3.44. The summed E-state index contributed by atoms with van der Waals surface area (Å²) in [6.07, 6.45) is 1.78. The Bertz CT molecular complexity index is 986. The van der Waals surface area contributed by atoms with Crippen LogP contribution in [-0.4, -0.2) is 18.1 Å². The van der Waals surface area contributed by atoms with E-state index in [-0.39, 0.29) is 12.3 Å². The molecule has 0 aliphatic carbocycles. The molecule has 0 fully saturated rings. The van der Waals surface area contributed by atoms with Crippen LogP contribution in [-0.2, 0) is 11.2 Å². The van der Waals surface area contributed by atoms with Gasteiger partial charge in [-0.05, 0) is 53.6 Å². The van der Waals surface area contributed by atoms with Gasteiger partial charge in [0.15, 0.2) is 0 Å². The number of hydrogen-bond acceptors (Lipinski definition) is 4. The van der Waals surface area contributed by atoms with Gasteiger partial charge in [0.05, 0.1) is 18.2 Å². The van der Waals surface area contributed by atoms with Gasteiger partial charge in [-0.3, -0.25) is 4.79 Å². The van der Waals surface area contributed by atoms with Gasteiger partial charge in [-0.1, -0.05) is 48.0 Å². The fourth-order valence-corrected chi connectivity index (χ4v) is 2.59. The van der Waals surface area contributed by atoms with Crippen LogP contribution in [0.2, 0.25) is 5.02 Å².